The average Bonchev–Trinajstić information content (AvgIpc) is 2.17. The van der Waals surface area contributed by atoms with Crippen LogP contribution in [0.5, 0.6) is 0 Å². The Kier molecular flexibility index (Phi) is 4.08. The van der Waals surface area contributed by atoms with E-state index in [0.717, 1.165) is 12.0 Å². The third-order valence-electron chi connectivity index (χ3n) is 2.50. The summed E-state index contributed by atoms with van der Waals surface area (Å²) in [6, 6.07) is 7.43. The van der Waals surface area contributed by atoms with Gasteiger partial charge in [-0.3, -0.25) is 0 Å². The highest BCUT2D eigenvalue weighted by Gasteiger charge is 2.08. The van der Waals surface area contributed by atoms with E-state index in [0.29, 0.717) is 6.04 Å². The summed E-state index contributed by atoms with van der Waals surface area (Å²) in [6.45, 7) is 6.33. The summed E-state index contributed by atoms with van der Waals surface area (Å²) in [5, 5.41) is 3.41. The van der Waals surface area contributed by atoms with Crippen LogP contribution in [0.2, 0.25) is 0 Å². The van der Waals surface area contributed by atoms with Crippen molar-refractivity contribution >= 4 is 0 Å². The number of rotatable bonds is 4. The predicted octanol–water partition coefficient (Wildman–Crippen LogP) is 3.27. The van der Waals surface area contributed by atoms with E-state index in [1.807, 2.05) is 6.07 Å². The summed E-state index contributed by atoms with van der Waals surface area (Å²) >= 11 is 0. The fourth-order valence-corrected chi connectivity index (χ4v) is 1.42. The molecule has 78 valence electrons. The molecule has 0 aliphatic heterocycles. The van der Waals surface area contributed by atoms with Gasteiger partial charge in [0, 0.05) is 12.1 Å². The molecule has 1 N–H and O–H groups in total. The van der Waals surface area contributed by atoms with Crippen LogP contribution in [0, 0.1) is 5.82 Å². The second kappa shape index (κ2) is 5.11. The Bertz CT molecular complexity index is 285. The van der Waals surface area contributed by atoms with E-state index in [1.54, 1.807) is 12.1 Å². The lowest BCUT2D eigenvalue weighted by molar-refractivity contribution is 0.467. The van der Waals surface area contributed by atoms with Gasteiger partial charge in [0.25, 0.3) is 0 Å². The molecule has 0 radical (unpaired) electrons. The third kappa shape index (κ3) is 3.11. The minimum Gasteiger partial charge on any atom is -0.308 e. The van der Waals surface area contributed by atoms with Crippen molar-refractivity contribution in [3.8, 4) is 0 Å². The summed E-state index contributed by atoms with van der Waals surface area (Å²) in [7, 11) is 0. The van der Waals surface area contributed by atoms with E-state index in [9.17, 15) is 4.39 Å². The van der Waals surface area contributed by atoms with E-state index >= 15 is 0 Å². The molecule has 1 nitrogen and oxygen atoms in total. The molecular weight excluding hydrogens is 177 g/mol. The Morgan fingerprint density at radius 2 is 2.07 bits per heavy atom. The molecule has 14 heavy (non-hydrogen) atoms. The summed E-state index contributed by atoms with van der Waals surface area (Å²) in [5.41, 5.74) is 1.00. The van der Waals surface area contributed by atoms with Gasteiger partial charge in [-0.25, -0.2) is 4.39 Å². The molecule has 2 heteroatoms. The lowest BCUT2D eigenvalue weighted by Crippen LogP contribution is -2.28. The van der Waals surface area contributed by atoms with Crippen molar-refractivity contribution in [3.63, 3.8) is 0 Å². The summed E-state index contributed by atoms with van der Waals surface area (Å²) in [6.07, 6.45) is 1.08. The van der Waals surface area contributed by atoms with Crippen LogP contribution >= 0.6 is 0 Å². The van der Waals surface area contributed by atoms with Crippen molar-refractivity contribution < 1.29 is 4.39 Å². The zero-order chi connectivity index (χ0) is 10.6. The molecule has 0 amide bonds. The Labute approximate surface area is 85.3 Å². The normalized spacial score (nSPS) is 15.1. The van der Waals surface area contributed by atoms with Crippen molar-refractivity contribution in [2.45, 2.75) is 39.3 Å². The van der Waals surface area contributed by atoms with Crippen molar-refractivity contribution in [2.24, 2.45) is 0 Å². The third-order valence-corrected chi connectivity index (χ3v) is 2.50. The minimum absolute atomic E-state index is 0.166. The van der Waals surface area contributed by atoms with Gasteiger partial charge in [0.15, 0.2) is 0 Å². The molecule has 0 spiro atoms. The molecule has 2 unspecified atom stereocenters. The standard InChI is InChI=1S/C12H18FN/c1-4-9(2)14-10(3)11-6-5-7-12(13)8-11/h5-10,14H,4H2,1-3H3. The highest BCUT2D eigenvalue weighted by atomic mass is 19.1. The van der Waals surface area contributed by atoms with Gasteiger partial charge in [-0.2, -0.15) is 0 Å². The molecule has 0 fully saturated rings. The maximum Gasteiger partial charge on any atom is 0.123 e. The summed E-state index contributed by atoms with van der Waals surface area (Å²) in [4.78, 5) is 0. The molecule has 1 aromatic carbocycles. The Hall–Kier alpha value is -0.890. The van der Waals surface area contributed by atoms with Gasteiger partial charge >= 0.3 is 0 Å². The zero-order valence-electron chi connectivity index (χ0n) is 9.05. The Balaban J connectivity index is 2.64. The molecule has 0 aromatic heterocycles. The monoisotopic (exact) mass is 195 g/mol. The molecule has 0 aliphatic rings. The number of benzene rings is 1. The van der Waals surface area contributed by atoms with Gasteiger partial charge in [0.1, 0.15) is 5.82 Å². The lowest BCUT2D eigenvalue weighted by Gasteiger charge is -2.19. The Morgan fingerprint density at radius 3 is 2.64 bits per heavy atom. The molecule has 2 atom stereocenters. The van der Waals surface area contributed by atoms with E-state index in [4.69, 9.17) is 0 Å². The van der Waals surface area contributed by atoms with Crippen LogP contribution in [0.15, 0.2) is 24.3 Å². The second-order valence-corrected chi connectivity index (χ2v) is 3.75. The van der Waals surface area contributed by atoms with Crippen LogP contribution < -0.4 is 5.32 Å². The molecule has 0 bridgehead atoms. The number of hydrogen-bond donors (Lipinski definition) is 1. The molecule has 1 rings (SSSR count). The Morgan fingerprint density at radius 1 is 1.36 bits per heavy atom. The first kappa shape index (κ1) is 11.2. The smallest absolute Gasteiger partial charge is 0.123 e. The van der Waals surface area contributed by atoms with E-state index in [1.165, 1.54) is 6.07 Å². The van der Waals surface area contributed by atoms with Crippen LogP contribution in [0.1, 0.15) is 38.8 Å². The maximum absolute atomic E-state index is 12.9. The van der Waals surface area contributed by atoms with Crippen LogP contribution in [-0.2, 0) is 0 Å². The highest BCUT2D eigenvalue weighted by Crippen LogP contribution is 2.14. The van der Waals surface area contributed by atoms with E-state index in [2.05, 4.69) is 26.1 Å². The zero-order valence-corrected chi connectivity index (χ0v) is 9.05. The van der Waals surface area contributed by atoms with E-state index in [-0.39, 0.29) is 11.9 Å². The molecular formula is C12H18FN. The second-order valence-electron chi connectivity index (χ2n) is 3.75. The molecule has 1 aromatic rings. The number of nitrogens with one attached hydrogen (secondary N) is 1. The predicted molar refractivity (Wildman–Crippen MR) is 57.7 cm³/mol. The van der Waals surface area contributed by atoms with Crippen molar-refractivity contribution in [2.75, 3.05) is 0 Å². The molecule has 0 aliphatic carbocycles. The van der Waals surface area contributed by atoms with Gasteiger partial charge in [0.2, 0.25) is 0 Å². The van der Waals surface area contributed by atoms with Gasteiger partial charge in [-0.1, -0.05) is 19.1 Å². The topological polar surface area (TPSA) is 12.0 Å². The van der Waals surface area contributed by atoms with Gasteiger partial charge < -0.3 is 5.32 Å². The fourth-order valence-electron chi connectivity index (χ4n) is 1.42. The molecule has 0 saturated heterocycles. The number of hydrogen-bond acceptors (Lipinski definition) is 1. The summed E-state index contributed by atoms with van der Waals surface area (Å²) in [5.74, 6) is -0.166. The van der Waals surface area contributed by atoms with Crippen LogP contribution in [0.25, 0.3) is 0 Å². The van der Waals surface area contributed by atoms with Gasteiger partial charge in [0.05, 0.1) is 0 Å². The van der Waals surface area contributed by atoms with Crippen LogP contribution in [-0.4, -0.2) is 6.04 Å². The van der Waals surface area contributed by atoms with Crippen molar-refractivity contribution in [3.05, 3.63) is 35.6 Å². The first-order chi connectivity index (χ1) is 6.63. The largest absolute Gasteiger partial charge is 0.308 e. The quantitative estimate of drug-likeness (QED) is 0.777. The van der Waals surface area contributed by atoms with Crippen LogP contribution in [0.3, 0.4) is 0 Å². The highest BCUT2D eigenvalue weighted by molar-refractivity contribution is 5.19. The summed E-state index contributed by atoms with van der Waals surface area (Å²) < 4.78 is 12.9. The van der Waals surface area contributed by atoms with Gasteiger partial charge in [-0.05, 0) is 38.0 Å². The SMILES string of the molecule is CCC(C)NC(C)c1cccc(F)c1. The fraction of sp³-hybridized carbons (Fsp3) is 0.500. The maximum atomic E-state index is 12.9. The lowest BCUT2D eigenvalue weighted by atomic mass is 10.1. The van der Waals surface area contributed by atoms with Gasteiger partial charge in [-0.15, -0.1) is 0 Å². The van der Waals surface area contributed by atoms with Crippen molar-refractivity contribution in [1.82, 2.24) is 5.32 Å². The average molecular weight is 195 g/mol. The number of halogens is 1. The minimum atomic E-state index is -0.166. The first-order valence-electron chi connectivity index (χ1n) is 5.15. The molecule has 0 saturated carbocycles. The first-order valence-corrected chi connectivity index (χ1v) is 5.15. The molecule has 0 heterocycles. The van der Waals surface area contributed by atoms with E-state index < -0.39 is 0 Å². The van der Waals surface area contributed by atoms with Crippen molar-refractivity contribution in [1.29, 1.82) is 0 Å². The van der Waals surface area contributed by atoms with Crippen LogP contribution in [0.4, 0.5) is 4.39 Å².